The SMILES string of the molecule is CCOc1ccc(CN2C[C@@H](COC)[C@H](C(=O)N(C)C)C2)cc1OC. The Hall–Kier alpha value is -1.79. The molecule has 0 N–H and O–H groups in total. The van der Waals surface area contributed by atoms with Gasteiger partial charge in [-0.15, -0.1) is 0 Å². The van der Waals surface area contributed by atoms with Crippen LogP contribution in [-0.2, 0) is 16.1 Å². The van der Waals surface area contributed by atoms with Crippen molar-refractivity contribution in [3.63, 3.8) is 0 Å². The quantitative estimate of drug-likeness (QED) is 0.716. The Morgan fingerprint density at radius 3 is 2.60 bits per heavy atom. The Morgan fingerprint density at radius 1 is 1.24 bits per heavy atom. The number of rotatable bonds is 8. The van der Waals surface area contributed by atoms with Crippen LogP contribution in [0.25, 0.3) is 0 Å². The van der Waals surface area contributed by atoms with Crippen molar-refractivity contribution in [2.45, 2.75) is 13.5 Å². The van der Waals surface area contributed by atoms with E-state index in [0.29, 0.717) is 13.2 Å². The fourth-order valence-corrected chi connectivity index (χ4v) is 3.43. The van der Waals surface area contributed by atoms with Crippen LogP contribution in [0.5, 0.6) is 11.5 Å². The van der Waals surface area contributed by atoms with Gasteiger partial charge in [-0.05, 0) is 24.6 Å². The molecule has 1 amide bonds. The lowest BCUT2D eigenvalue weighted by molar-refractivity contribution is -0.134. The van der Waals surface area contributed by atoms with Crippen LogP contribution in [0.1, 0.15) is 12.5 Å². The number of carbonyl (C=O) groups is 1. The van der Waals surface area contributed by atoms with Crippen molar-refractivity contribution < 1.29 is 19.0 Å². The van der Waals surface area contributed by atoms with Crippen molar-refractivity contribution in [3.05, 3.63) is 23.8 Å². The molecule has 6 heteroatoms. The van der Waals surface area contributed by atoms with Gasteiger partial charge in [-0.2, -0.15) is 0 Å². The van der Waals surface area contributed by atoms with E-state index >= 15 is 0 Å². The highest BCUT2D eigenvalue weighted by atomic mass is 16.5. The van der Waals surface area contributed by atoms with Crippen LogP contribution < -0.4 is 9.47 Å². The van der Waals surface area contributed by atoms with Gasteiger partial charge in [0.25, 0.3) is 0 Å². The van der Waals surface area contributed by atoms with Gasteiger partial charge in [0.2, 0.25) is 5.91 Å². The molecule has 1 fully saturated rings. The minimum atomic E-state index is -0.0143. The highest BCUT2D eigenvalue weighted by molar-refractivity contribution is 5.79. The summed E-state index contributed by atoms with van der Waals surface area (Å²) in [7, 11) is 6.97. The number of hydrogen-bond acceptors (Lipinski definition) is 5. The van der Waals surface area contributed by atoms with Crippen LogP contribution in [-0.4, -0.2) is 70.3 Å². The number of nitrogens with zero attached hydrogens (tertiary/aromatic N) is 2. The molecule has 0 aromatic heterocycles. The summed E-state index contributed by atoms with van der Waals surface area (Å²) in [4.78, 5) is 16.4. The largest absolute Gasteiger partial charge is 0.493 e. The Bertz CT molecular complexity index is 577. The second-order valence-electron chi connectivity index (χ2n) is 6.67. The summed E-state index contributed by atoms with van der Waals surface area (Å²) in [6.07, 6.45) is 0. The van der Waals surface area contributed by atoms with Crippen molar-refractivity contribution in [1.29, 1.82) is 0 Å². The third kappa shape index (κ3) is 4.86. The highest BCUT2D eigenvalue weighted by Crippen LogP contribution is 2.31. The van der Waals surface area contributed by atoms with Gasteiger partial charge in [0.15, 0.2) is 11.5 Å². The number of ether oxygens (including phenoxy) is 3. The van der Waals surface area contributed by atoms with Crippen molar-refractivity contribution in [1.82, 2.24) is 9.80 Å². The normalized spacial score (nSPS) is 20.5. The van der Waals surface area contributed by atoms with E-state index in [4.69, 9.17) is 14.2 Å². The van der Waals surface area contributed by atoms with E-state index in [9.17, 15) is 4.79 Å². The van der Waals surface area contributed by atoms with Gasteiger partial charge >= 0.3 is 0 Å². The molecule has 1 aromatic carbocycles. The van der Waals surface area contributed by atoms with Gasteiger partial charge in [-0.25, -0.2) is 0 Å². The third-order valence-corrected chi connectivity index (χ3v) is 4.59. The number of carbonyl (C=O) groups excluding carboxylic acids is 1. The molecule has 25 heavy (non-hydrogen) atoms. The lowest BCUT2D eigenvalue weighted by Gasteiger charge is -2.20. The molecular formula is C19H30N2O4. The van der Waals surface area contributed by atoms with Gasteiger partial charge in [0, 0.05) is 46.8 Å². The standard InChI is InChI=1S/C19H30N2O4/c1-6-25-17-8-7-14(9-18(17)24-5)10-21-11-15(13-23-4)16(12-21)19(22)20(2)3/h7-9,15-16H,6,10-13H2,1-5H3/t15-,16+/m0/s1. The highest BCUT2D eigenvalue weighted by Gasteiger charge is 2.38. The topological polar surface area (TPSA) is 51.2 Å². The second-order valence-corrected chi connectivity index (χ2v) is 6.67. The van der Waals surface area contributed by atoms with Gasteiger partial charge in [0.05, 0.1) is 26.2 Å². The minimum Gasteiger partial charge on any atom is -0.493 e. The Morgan fingerprint density at radius 2 is 2.00 bits per heavy atom. The van der Waals surface area contributed by atoms with Gasteiger partial charge < -0.3 is 19.1 Å². The first-order valence-corrected chi connectivity index (χ1v) is 8.72. The molecule has 140 valence electrons. The molecule has 2 rings (SSSR count). The lowest BCUT2D eigenvalue weighted by Crippen LogP contribution is -2.35. The Kier molecular flexibility index (Phi) is 7.08. The van der Waals surface area contributed by atoms with E-state index in [0.717, 1.165) is 36.7 Å². The molecular weight excluding hydrogens is 320 g/mol. The van der Waals surface area contributed by atoms with Crippen LogP contribution in [0.4, 0.5) is 0 Å². The van der Waals surface area contributed by atoms with Crippen molar-refractivity contribution >= 4 is 5.91 Å². The predicted octanol–water partition coefficient (Wildman–Crippen LogP) is 1.88. The number of benzene rings is 1. The predicted molar refractivity (Wildman–Crippen MR) is 97.0 cm³/mol. The van der Waals surface area contributed by atoms with Crippen LogP contribution >= 0.6 is 0 Å². The van der Waals surface area contributed by atoms with Crippen LogP contribution in [0.2, 0.25) is 0 Å². The van der Waals surface area contributed by atoms with E-state index in [1.807, 2.05) is 33.2 Å². The molecule has 1 aliphatic heterocycles. The summed E-state index contributed by atoms with van der Waals surface area (Å²) in [6, 6.07) is 6.01. The fraction of sp³-hybridized carbons (Fsp3) is 0.632. The monoisotopic (exact) mass is 350 g/mol. The zero-order chi connectivity index (χ0) is 18.4. The summed E-state index contributed by atoms with van der Waals surface area (Å²) in [6.45, 7) is 5.55. The van der Waals surface area contributed by atoms with E-state index in [1.54, 1.807) is 19.1 Å². The maximum Gasteiger partial charge on any atom is 0.226 e. The molecule has 0 unspecified atom stereocenters. The van der Waals surface area contributed by atoms with Crippen molar-refractivity contribution in [2.24, 2.45) is 11.8 Å². The molecule has 0 bridgehead atoms. The average molecular weight is 350 g/mol. The van der Waals surface area contributed by atoms with Gasteiger partial charge in [-0.1, -0.05) is 6.07 Å². The maximum atomic E-state index is 12.5. The van der Waals surface area contributed by atoms with E-state index in [-0.39, 0.29) is 17.7 Å². The summed E-state index contributed by atoms with van der Waals surface area (Å²) in [5.41, 5.74) is 1.15. The molecule has 0 aliphatic carbocycles. The smallest absolute Gasteiger partial charge is 0.226 e. The molecule has 6 nitrogen and oxygen atoms in total. The van der Waals surface area contributed by atoms with E-state index < -0.39 is 0 Å². The molecule has 1 heterocycles. The Labute approximate surface area is 150 Å². The van der Waals surface area contributed by atoms with Crippen LogP contribution in [0.15, 0.2) is 18.2 Å². The third-order valence-electron chi connectivity index (χ3n) is 4.59. The summed E-state index contributed by atoms with van der Waals surface area (Å²) in [5, 5.41) is 0. The molecule has 0 saturated carbocycles. The van der Waals surface area contributed by atoms with Gasteiger partial charge in [0.1, 0.15) is 0 Å². The maximum absolute atomic E-state index is 12.5. The van der Waals surface area contributed by atoms with E-state index in [1.165, 1.54) is 0 Å². The number of hydrogen-bond donors (Lipinski definition) is 0. The molecule has 1 aromatic rings. The fourth-order valence-electron chi connectivity index (χ4n) is 3.43. The second kappa shape index (κ2) is 9.06. The zero-order valence-electron chi connectivity index (χ0n) is 15.9. The molecule has 1 aliphatic rings. The summed E-state index contributed by atoms with van der Waals surface area (Å²) in [5.74, 6) is 1.89. The van der Waals surface area contributed by atoms with E-state index in [2.05, 4.69) is 11.0 Å². The number of methoxy groups -OCH3 is 2. The van der Waals surface area contributed by atoms with Crippen LogP contribution in [0.3, 0.4) is 0 Å². The molecule has 1 saturated heterocycles. The Balaban J connectivity index is 2.08. The zero-order valence-corrected chi connectivity index (χ0v) is 15.9. The first-order valence-electron chi connectivity index (χ1n) is 8.72. The van der Waals surface area contributed by atoms with Gasteiger partial charge in [-0.3, -0.25) is 9.69 Å². The molecule has 0 radical (unpaired) electrons. The minimum absolute atomic E-state index is 0.0143. The summed E-state index contributed by atoms with van der Waals surface area (Å²) >= 11 is 0. The molecule has 0 spiro atoms. The first-order chi connectivity index (χ1) is 12.0. The van der Waals surface area contributed by atoms with Crippen LogP contribution in [0, 0.1) is 11.8 Å². The first kappa shape index (κ1) is 19.5. The molecule has 2 atom stereocenters. The average Bonchev–Trinajstić information content (AvgIpc) is 2.98. The van der Waals surface area contributed by atoms with Crippen molar-refractivity contribution in [3.8, 4) is 11.5 Å². The van der Waals surface area contributed by atoms with Crippen molar-refractivity contribution in [2.75, 3.05) is 54.6 Å². The number of amides is 1. The number of likely N-dealkylation sites (tertiary alicyclic amines) is 1. The summed E-state index contributed by atoms with van der Waals surface area (Å²) < 4.78 is 16.3. The lowest BCUT2D eigenvalue weighted by atomic mass is 9.96.